The van der Waals surface area contributed by atoms with Crippen LogP contribution in [0, 0.1) is 0 Å². The fourth-order valence-electron chi connectivity index (χ4n) is 3.09. The van der Waals surface area contributed by atoms with Gasteiger partial charge in [-0.05, 0) is 38.1 Å². The van der Waals surface area contributed by atoms with Crippen LogP contribution in [-0.4, -0.2) is 52.6 Å². The van der Waals surface area contributed by atoms with Crippen LogP contribution in [0.4, 0.5) is 19.0 Å². The number of halogens is 3. The summed E-state index contributed by atoms with van der Waals surface area (Å²) in [7, 11) is 0. The molecule has 3 rings (SSSR count). The number of pyridine rings is 1. The predicted molar refractivity (Wildman–Crippen MR) is 93.8 cm³/mol. The second-order valence-electron chi connectivity index (χ2n) is 6.33. The molecule has 1 aliphatic heterocycles. The van der Waals surface area contributed by atoms with Gasteiger partial charge in [-0.15, -0.1) is 0 Å². The Morgan fingerprint density at radius 2 is 1.92 bits per heavy atom. The first kappa shape index (κ1) is 18.6. The van der Waals surface area contributed by atoms with E-state index in [9.17, 15) is 13.2 Å². The van der Waals surface area contributed by atoms with E-state index in [1.54, 1.807) is 18.2 Å². The summed E-state index contributed by atoms with van der Waals surface area (Å²) in [6, 6.07) is 6.07. The van der Waals surface area contributed by atoms with E-state index >= 15 is 0 Å². The SMILES string of the molecule is CCCN1CCCN(c2cc(C(F)(F)F)nc(-c3ccccn3)n2)CC1. The molecular formula is C18H22F3N5. The lowest BCUT2D eigenvalue weighted by Crippen LogP contribution is -2.32. The minimum Gasteiger partial charge on any atom is -0.355 e. The molecule has 1 aliphatic rings. The average molecular weight is 365 g/mol. The van der Waals surface area contributed by atoms with Gasteiger partial charge in [-0.2, -0.15) is 13.2 Å². The van der Waals surface area contributed by atoms with Gasteiger partial charge >= 0.3 is 6.18 Å². The quantitative estimate of drug-likeness (QED) is 0.830. The molecule has 0 bridgehead atoms. The molecule has 1 fully saturated rings. The minimum absolute atomic E-state index is 0.00471. The van der Waals surface area contributed by atoms with Crippen LogP contribution in [0.3, 0.4) is 0 Å². The highest BCUT2D eigenvalue weighted by molar-refractivity contribution is 5.54. The number of hydrogen-bond donors (Lipinski definition) is 0. The van der Waals surface area contributed by atoms with Crippen molar-refractivity contribution in [2.24, 2.45) is 0 Å². The summed E-state index contributed by atoms with van der Waals surface area (Å²) in [6.45, 7) is 6.23. The van der Waals surface area contributed by atoms with Gasteiger partial charge in [0.25, 0.3) is 0 Å². The highest BCUT2D eigenvalue weighted by Gasteiger charge is 2.34. The van der Waals surface area contributed by atoms with Crippen molar-refractivity contribution in [1.29, 1.82) is 0 Å². The molecule has 26 heavy (non-hydrogen) atoms. The van der Waals surface area contributed by atoms with Crippen LogP contribution in [-0.2, 0) is 6.18 Å². The van der Waals surface area contributed by atoms with Crippen LogP contribution in [0.2, 0.25) is 0 Å². The summed E-state index contributed by atoms with van der Waals surface area (Å²) in [5.41, 5.74) is -0.597. The van der Waals surface area contributed by atoms with Crippen LogP contribution < -0.4 is 4.90 Å². The van der Waals surface area contributed by atoms with E-state index in [1.165, 1.54) is 6.20 Å². The molecule has 0 aromatic carbocycles. The van der Waals surface area contributed by atoms with E-state index in [0.717, 1.165) is 38.5 Å². The Hall–Kier alpha value is -2.22. The van der Waals surface area contributed by atoms with Gasteiger partial charge in [0.05, 0.1) is 0 Å². The predicted octanol–water partition coefficient (Wildman–Crippen LogP) is 3.48. The maximum atomic E-state index is 13.3. The van der Waals surface area contributed by atoms with Crippen molar-refractivity contribution in [3.8, 4) is 11.5 Å². The molecule has 0 aliphatic carbocycles. The Kier molecular flexibility index (Phi) is 5.70. The second kappa shape index (κ2) is 7.99. The summed E-state index contributed by atoms with van der Waals surface area (Å²) in [6.07, 6.45) is -1.05. The van der Waals surface area contributed by atoms with Crippen molar-refractivity contribution in [2.75, 3.05) is 37.6 Å². The zero-order valence-corrected chi connectivity index (χ0v) is 14.7. The molecule has 8 heteroatoms. The first-order valence-electron chi connectivity index (χ1n) is 8.82. The number of aromatic nitrogens is 3. The lowest BCUT2D eigenvalue weighted by molar-refractivity contribution is -0.141. The van der Waals surface area contributed by atoms with Crippen molar-refractivity contribution in [1.82, 2.24) is 19.9 Å². The van der Waals surface area contributed by atoms with Crippen LogP contribution in [0.15, 0.2) is 30.5 Å². The topological polar surface area (TPSA) is 45.2 Å². The van der Waals surface area contributed by atoms with Crippen LogP contribution in [0.25, 0.3) is 11.5 Å². The highest BCUT2D eigenvalue weighted by atomic mass is 19.4. The van der Waals surface area contributed by atoms with Crippen LogP contribution in [0.1, 0.15) is 25.5 Å². The standard InChI is InChI=1S/C18H22F3N5/c1-2-8-25-9-5-10-26(12-11-25)16-13-15(18(19,20)21)23-17(24-16)14-6-3-4-7-22-14/h3-4,6-7,13H,2,5,8-12H2,1H3. The highest BCUT2D eigenvalue weighted by Crippen LogP contribution is 2.31. The van der Waals surface area contributed by atoms with E-state index in [2.05, 4.69) is 26.8 Å². The molecule has 3 heterocycles. The molecule has 140 valence electrons. The normalized spacial score (nSPS) is 16.5. The van der Waals surface area contributed by atoms with Crippen molar-refractivity contribution in [2.45, 2.75) is 25.9 Å². The van der Waals surface area contributed by atoms with E-state index in [-0.39, 0.29) is 5.82 Å². The summed E-state index contributed by atoms with van der Waals surface area (Å²) >= 11 is 0. The molecule has 2 aromatic rings. The number of rotatable bonds is 4. The first-order valence-corrected chi connectivity index (χ1v) is 8.82. The zero-order valence-electron chi connectivity index (χ0n) is 14.7. The Labute approximate surface area is 150 Å². The number of alkyl halides is 3. The third kappa shape index (κ3) is 4.49. The molecule has 0 amide bonds. The van der Waals surface area contributed by atoms with Gasteiger partial charge in [-0.25, -0.2) is 9.97 Å². The molecular weight excluding hydrogens is 343 g/mol. The third-order valence-electron chi connectivity index (χ3n) is 4.35. The number of nitrogens with zero attached hydrogens (tertiary/aromatic N) is 5. The second-order valence-corrected chi connectivity index (χ2v) is 6.33. The van der Waals surface area contributed by atoms with Gasteiger partial charge in [0, 0.05) is 31.9 Å². The maximum absolute atomic E-state index is 13.3. The van der Waals surface area contributed by atoms with Gasteiger partial charge in [0.1, 0.15) is 11.5 Å². The maximum Gasteiger partial charge on any atom is 0.433 e. The molecule has 0 atom stereocenters. The molecule has 2 aromatic heterocycles. The summed E-state index contributed by atoms with van der Waals surface area (Å²) in [5, 5.41) is 0. The van der Waals surface area contributed by atoms with Gasteiger partial charge in [0.2, 0.25) is 0 Å². The van der Waals surface area contributed by atoms with Crippen LogP contribution >= 0.6 is 0 Å². The molecule has 5 nitrogen and oxygen atoms in total. The van der Waals surface area contributed by atoms with Gasteiger partial charge in [-0.1, -0.05) is 13.0 Å². The Morgan fingerprint density at radius 1 is 1.08 bits per heavy atom. The first-order chi connectivity index (χ1) is 12.5. The van der Waals surface area contributed by atoms with E-state index in [4.69, 9.17) is 0 Å². The molecule has 0 spiro atoms. The van der Waals surface area contributed by atoms with Crippen molar-refractivity contribution >= 4 is 5.82 Å². The summed E-state index contributed by atoms with van der Waals surface area (Å²) in [4.78, 5) is 16.4. The molecule has 0 unspecified atom stereocenters. The van der Waals surface area contributed by atoms with E-state index in [0.29, 0.717) is 24.6 Å². The summed E-state index contributed by atoms with van der Waals surface area (Å²) < 4.78 is 40.0. The lowest BCUT2D eigenvalue weighted by atomic mass is 10.3. The monoisotopic (exact) mass is 365 g/mol. The fourth-order valence-corrected chi connectivity index (χ4v) is 3.09. The molecule has 1 saturated heterocycles. The largest absolute Gasteiger partial charge is 0.433 e. The molecule has 0 saturated carbocycles. The van der Waals surface area contributed by atoms with Crippen LogP contribution in [0.5, 0.6) is 0 Å². The smallest absolute Gasteiger partial charge is 0.355 e. The van der Waals surface area contributed by atoms with E-state index < -0.39 is 11.9 Å². The van der Waals surface area contributed by atoms with Gasteiger partial charge in [0.15, 0.2) is 11.5 Å². The molecule has 0 N–H and O–H groups in total. The third-order valence-corrected chi connectivity index (χ3v) is 4.35. The minimum atomic E-state index is -4.53. The summed E-state index contributed by atoms with van der Waals surface area (Å²) in [5.74, 6) is 0.316. The zero-order chi connectivity index (χ0) is 18.6. The van der Waals surface area contributed by atoms with Gasteiger partial charge in [-0.3, -0.25) is 4.98 Å². The van der Waals surface area contributed by atoms with Crippen molar-refractivity contribution < 1.29 is 13.2 Å². The fraction of sp³-hybridized carbons (Fsp3) is 0.500. The Balaban J connectivity index is 1.93. The number of hydrogen-bond acceptors (Lipinski definition) is 5. The van der Waals surface area contributed by atoms with Gasteiger partial charge < -0.3 is 9.80 Å². The van der Waals surface area contributed by atoms with Crippen molar-refractivity contribution in [3.05, 3.63) is 36.2 Å². The molecule has 0 radical (unpaired) electrons. The van der Waals surface area contributed by atoms with E-state index in [1.807, 2.05) is 4.90 Å². The number of anilines is 1. The van der Waals surface area contributed by atoms with Crippen molar-refractivity contribution in [3.63, 3.8) is 0 Å². The Morgan fingerprint density at radius 3 is 2.62 bits per heavy atom. The lowest BCUT2D eigenvalue weighted by Gasteiger charge is -2.23. The Bertz CT molecular complexity index is 721. The average Bonchev–Trinajstić information content (AvgIpc) is 2.87.